The maximum atomic E-state index is 10.9. The van der Waals surface area contributed by atoms with Crippen molar-refractivity contribution >= 4 is 12.3 Å². The Bertz CT molecular complexity index is 472. The van der Waals surface area contributed by atoms with Gasteiger partial charge in [0, 0.05) is 5.56 Å². The number of carbonyl (C=O) groups is 2. The summed E-state index contributed by atoms with van der Waals surface area (Å²) in [5, 5.41) is 17.6. The van der Waals surface area contributed by atoms with Gasteiger partial charge in [0.15, 0.2) is 6.29 Å². The summed E-state index contributed by atoms with van der Waals surface area (Å²) in [5.41, 5.74) is 1.63. The first kappa shape index (κ1) is 11.9. The lowest BCUT2D eigenvalue weighted by molar-refractivity contribution is -0.136. The lowest BCUT2D eigenvalue weighted by Gasteiger charge is -2.07. The first-order valence-corrected chi connectivity index (χ1v) is 4.85. The fourth-order valence-corrected chi connectivity index (χ4v) is 1.59. The number of aliphatic carboxylic acids is 1. The van der Waals surface area contributed by atoms with Gasteiger partial charge in [-0.05, 0) is 17.5 Å². The van der Waals surface area contributed by atoms with Crippen molar-refractivity contribution in [2.75, 3.05) is 0 Å². The average Bonchev–Trinajstić information content (AvgIpc) is 2.27. The summed E-state index contributed by atoms with van der Waals surface area (Å²) in [6.07, 6.45) is 0.944. The second-order valence-electron chi connectivity index (χ2n) is 3.33. The third-order valence-corrected chi connectivity index (χ3v) is 2.37. The molecule has 0 saturated heterocycles. The highest BCUT2D eigenvalue weighted by Crippen LogP contribution is 2.18. The van der Waals surface area contributed by atoms with E-state index in [1.165, 1.54) is 0 Å². The first-order chi connectivity index (χ1) is 7.63. The Morgan fingerprint density at radius 1 is 1.50 bits per heavy atom. The van der Waals surface area contributed by atoms with Crippen molar-refractivity contribution in [2.45, 2.75) is 19.8 Å². The standard InChI is InChI=1S/C12H11NO3/c1-2-8-3-4-9(5-12(15)16)11(7-14)10(8)6-13/h3-4,7H,2,5H2,1H3,(H,15,16). The van der Waals surface area contributed by atoms with E-state index in [1.807, 2.05) is 13.0 Å². The van der Waals surface area contributed by atoms with Crippen molar-refractivity contribution in [3.8, 4) is 6.07 Å². The van der Waals surface area contributed by atoms with Crippen LogP contribution >= 0.6 is 0 Å². The summed E-state index contributed by atoms with van der Waals surface area (Å²) < 4.78 is 0. The van der Waals surface area contributed by atoms with Crippen LogP contribution in [0.3, 0.4) is 0 Å². The van der Waals surface area contributed by atoms with Crippen molar-refractivity contribution in [2.24, 2.45) is 0 Å². The largest absolute Gasteiger partial charge is 0.481 e. The summed E-state index contributed by atoms with van der Waals surface area (Å²) >= 11 is 0. The minimum Gasteiger partial charge on any atom is -0.481 e. The molecule has 0 radical (unpaired) electrons. The molecule has 1 aromatic carbocycles. The Morgan fingerprint density at radius 3 is 2.56 bits per heavy atom. The number of nitrogens with zero attached hydrogens (tertiary/aromatic N) is 1. The first-order valence-electron chi connectivity index (χ1n) is 4.85. The molecule has 1 N–H and O–H groups in total. The molecule has 16 heavy (non-hydrogen) atoms. The number of nitriles is 1. The molecule has 0 heterocycles. The molecule has 0 aliphatic carbocycles. The molecule has 0 fully saturated rings. The second kappa shape index (κ2) is 5.08. The maximum absolute atomic E-state index is 10.9. The number of aldehydes is 1. The van der Waals surface area contributed by atoms with Crippen LogP contribution in [0.15, 0.2) is 12.1 Å². The number of carboxylic acid groups (broad SMARTS) is 1. The van der Waals surface area contributed by atoms with Crippen LogP contribution in [0.25, 0.3) is 0 Å². The van der Waals surface area contributed by atoms with E-state index in [-0.39, 0.29) is 17.5 Å². The molecule has 0 spiro atoms. The molecule has 0 bridgehead atoms. The molecule has 82 valence electrons. The van der Waals surface area contributed by atoms with Crippen LogP contribution in [0.2, 0.25) is 0 Å². The molecule has 4 heteroatoms. The zero-order valence-electron chi connectivity index (χ0n) is 8.86. The Kier molecular flexibility index (Phi) is 3.78. The molecule has 1 rings (SSSR count). The van der Waals surface area contributed by atoms with Gasteiger partial charge in [-0.15, -0.1) is 0 Å². The summed E-state index contributed by atoms with van der Waals surface area (Å²) in [5.74, 6) is -1.02. The molecule has 0 aliphatic rings. The van der Waals surface area contributed by atoms with Crippen LogP contribution in [0.5, 0.6) is 0 Å². The summed E-state index contributed by atoms with van der Waals surface area (Å²) in [4.78, 5) is 21.5. The Morgan fingerprint density at radius 2 is 2.12 bits per heavy atom. The Balaban J connectivity index is 3.38. The van der Waals surface area contributed by atoms with Crippen molar-refractivity contribution in [3.63, 3.8) is 0 Å². The smallest absolute Gasteiger partial charge is 0.307 e. The van der Waals surface area contributed by atoms with E-state index in [0.717, 1.165) is 5.56 Å². The molecule has 1 aromatic rings. The molecular weight excluding hydrogens is 206 g/mol. The van der Waals surface area contributed by atoms with E-state index in [4.69, 9.17) is 10.4 Å². The van der Waals surface area contributed by atoms with Gasteiger partial charge < -0.3 is 5.11 Å². The highest BCUT2D eigenvalue weighted by Gasteiger charge is 2.13. The second-order valence-corrected chi connectivity index (χ2v) is 3.33. The van der Waals surface area contributed by atoms with Gasteiger partial charge in [-0.1, -0.05) is 19.1 Å². The van der Waals surface area contributed by atoms with Crippen LogP contribution in [0.4, 0.5) is 0 Å². The van der Waals surface area contributed by atoms with E-state index in [0.29, 0.717) is 18.3 Å². The average molecular weight is 217 g/mol. The van der Waals surface area contributed by atoms with Gasteiger partial charge >= 0.3 is 5.97 Å². The number of rotatable bonds is 4. The number of hydrogen-bond acceptors (Lipinski definition) is 3. The SMILES string of the molecule is CCc1ccc(CC(=O)O)c(C=O)c1C#N. The number of aryl methyl sites for hydroxylation is 1. The molecule has 4 nitrogen and oxygen atoms in total. The summed E-state index contributed by atoms with van der Waals surface area (Å²) in [6, 6.07) is 5.25. The Labute approximate surface area is 93.1 Å². The van der Waals surface area contributed by atoms with Crippen molar-refractivity contribution < 1.29 is 14.7 Å². The fourth-order valence-electron chi connectivity index (χ4n) is 1.59. The normalized spacial score (nSPS) is 9.50. The van der Waals surface area contributed by atoms with Crippen molar-refractivity contribution in [3.05, 3.63) is 34.4 Å². The van der Waals surface area contributed by atoms with E-state index in [1.54, 1.807) is 12.1 Å². The van der Waals surface area contributed by atoms with Gasteiger partial charge in [0.2, 0.25) is 0 Å². The maximum Gasteiger partial charge on any atom is 0.307 e. The molecule has 0 amide bonds. The van der Waals surface area contributed by atoms with Crippen LogP contribution in [-0.4, -0.2) is 17.4 Å². The molecule has 0 aliphatic heterocycles. The van der Waals surface area contributed by atoms with E-state index < -0.39 is 5.97 Å². The van der Waals surface area contributed by atoms with Gasteiger partial charge in [-0.25, -0.2) is 0 Å². The highest BCUT2D eigenvalue weighted by atomic mass is 16.4. The number of hydrogen-bond donors (Lipinski definition) is 1. The van der Waals surface area contributed by atoms with Crippen LogP contribution in [0, 0.1) is 11.3 Å². The highest BCUT2D eigenvalue weighted by molar-refractivity contribution is 5.85. The summed E-state index contributed by atoms with van der Waals surface area (Å²) in [6.45, 7) is 1.88. The molecule has 0 aromatic heterocycles. The van der Waals surface area contributed by atoms with Gasteiger partial charge in [0.25, 0.3) is 0 Å². The molecule has 0 unspecified atom stereocenters. The quantitative estimate of drug-likeness (QED) is 0.776. The third-order valence-electron chi connectivity index (χ3n) is 2.37. The van der Waals surface area contributed by atoms with Gasteiger partial charge in [0.1, 0.15) is 6.07 Å². The molecule has 0 saturated carbocycles. The van der Waals surface area contributed by atoms with Gasteiger partial charge in [-0.2, -0.15) is 5.26 Å². The number of benzene rings is 1. The predicted octanol–water partition coefficient (Wildman–Crippen LogP) is 1.56. The lowest BCUT2D eigenvalue weighted by Crippen LogP contribution is -2.06. The molecule has 0 atom stereocenters. The monoisotopic (exact) mass is 217 g/mol. The van der Waals surface area contributed by atoms with Gasteiger partial charge in [0.05, 0.1) is 12.0 Å². The van der Waals surface area contributed by atoms with Gasteiger partial charge in [-0.3, -0.25) is 9.59 Å². The molecular formula is C12H11NO3. The zero-order chi connectivity index (χ0) is 12.1. The summed E-state index contributed by atoms with van der Waals surface area (Å²) in [7, 11) is 0. The van der Waals surface area contributed by atoms with E-state index in [2.05, 4.69) is 0 Å². The van der Waals surface area contributed by atoms with E-state index >= 15 is 0 Å². The fraction of sp³-hybridized carbons (Fsp3) is 0.250. The number of carboxylic acids is 1. The van der Waals surface area contributed by atoms with E-state index in [9.17, 15) is 9.59 Å². The number of carbonyl (C=O) groups excluding carboxylic acids is 1. The minimum atomic E-state index is -1.02. The zero-order valence-corrected chi connectivity index (χ0v) is 8.86. The van der Waals surface area contributed by atoms with Crippen LogP contribution in [-0.2, 0) is 17.6 Å². The third kappa shape index (κ3) is 2.26. The van der Waals surface area contributed by atoms with Crippen molar-refractivity contribution in [1.29, 1.82) is 5.26 Å². The lowest BCUT2D eigenvalue weighted by atomic mass is 9.94. The predicted molar refractivity (Wildman–Crippen MR) is 57.3 cm³/mol. The topological polar surface area (TPSA) is 78.2 Å². The van der Waals surface area contributed by atoms with Crippen LogP contribution in [0.1, 0.15) is 34.0 Å². The minimum absolute atomic E-state index is 0.198. The Hall–Kier alpha value is -2.15. The van der Waals surface area contributed by atoms with Crippen LogP contribution < -0.4 is 0 Å². The van der Waals surface area contributed by atoms with Crippen molar-refractivity contribution in [1.82, 2.24) is 0 Å².